The van der Waals surface area contributed by atoms with Crippen LogP contribution in [0.25, 0.3) is 0 Å². The van der Waals surface area contributed by atoms with Gasteiger partial charge in [0, 0.05) is 10.8 Å². The molecule has 1 fully saturated rings. The Hall–Kier alpha value is -0.0400. The average Bonchev–Trinajstić information content (AvgIpc) is 2.18. The second-order valence-corrected chi connectivity index (χ2v) is 2.82. The third-order valence-electron chi connectivity index (χ3n) is 1.44. The van der Waals surface area contributed by atoms with Crippen molar-refractivity contribution in [1.29, 1.82) is 0 Å². The third kappa shape index (κ3) is 0.653. The molecule has 0 radical (unpaired) electrons. The second kappa shape index (κ2) is 1.22. The maximum Gasteiger partial charge on any atom is 0.127 e. The molecule has 1 aliphatic rings. The summed E-state index contributed by atoms with van der Waals surface area (Å²) in [5.41, 5.74) is -0.165. The maximum atomic E-state index is 10.0. The van der Waals surface area contributed by atoms with Crippen molar-refractivity contribution >= 4 is 17.9 Å². The highest BCUT2D eigenvalue weighted by Gasteiger charge is 2.48. The second-order valence-electron chi connectivity index (χ2n) is 2.30. The lowest BCUT2D eigenvalue weighted by molar-refractivity contribution is -0.111. The first-order valence-electron chi connectivity index (χ1n) is 2.29. The Morgan fingerprint density at radius 2 is 2.43 bits per heavy atom. The van der Waals surface area contributed by atoms with Gasteiger partial charge in [0.15, 0.2) is 0 Å². The number of hydrogen-bond acceptors (Lipinski definition) is 1. The number of carbonyl (C=O) groups excluding carboxylic acids is 1. The first-order valence-corrected chi connectivity index (χ1v) is 2.73. The minimum absolute atomic E-state index is 0.116. The van der Waals surface area contributed by atoms with Crippen LogP contribution in [0.15, 0.2) is 0 Å². The van der Waals surface area contributed by atoms with Crippen LogP contribution in [0.5, 0.6) is 0 Å². The molecule has 7 heavy (non-hydrogen) atoms. The summed E-state index contributed by atoms with van der Waals surface area (Å²) in [5.74, 6) is 0. The fourth-order valence-corrected chi connectivity index (χ4v) is 0.833. The number of alkyl halides is 1. The zero-order valence-corrected chi connectivity index (χ0v) is 4.90. The highest BCUT2D eigenvalue weighted by molar-refractivity contribution is 6.24. The van der Waals surface area contributed by atoms with Crippen molar-refractivity contribution < 1.29 is 4.79 Å². The Labute approximate surface area is 47.7 Å². The molecule has 0 amide bonds. The van der Waals surface area contributed by atoms with Gasteiger partial charge in [0.05, 0.1) is 0 Å². The van der Waals surface area contributed by atoms with E-state index in [-0.39, 0.29) is 10.8 Å². The van der Waals surface area contributed by atoms with E-state index in [9.17, 15) is 4.79 Å². The molecule has 2 unspecified atom stereocenters. The first kappa shape index (κ1) is 5.10. The maximum absolute atomic E-state index is 10.0. The van der Waals surface area contributed by atoms with Crippen molar-refractivity contribution in [3.63, 3.8) is 0 Å². The Bertz CT molecular complexity index is 102. The average molecular weight is 119 g/mol. The molecule has 1 saturated carbocycles. The van der Waals surface area contributed by atoms with Crippen LogP contribution in [0.4, 0.5) is 0 Å². The van der Waals surface area contributed by atoms with E-state index in [1.807, 2.05) is 6.92 Å². The Morgan fingerprint density at radius 3 is 2.43 bits per heavy atom. The molecule has 2 heteroatoms. The van der Waals surface area contributed by atoms with Crippen LogP contribution < -0.4 is 0 Å². The molecule has 0 spiro atoms. The summed E-state index contributed by atoms with van der Waals surface area (Å²) in [5, 5.41) is 0.116. The molecule has 0 aromatic heterocycles. The Balaban J connectivity index is 2.51. The molecule has 0 aromatic rings. The molecule has 2 atom stereocenters. The van der Waals surface area contributed by atoms with E-state index in [1.54, 1.807) is 0 Å². The zero-order chi connectivity index (χ0) is 5.49. The molecule has 0 aromatic carbocycles. The van der Waals surface area contributed by atoms with Gasteiger partial charge < -0.3 is 4.79 Å². The molecular weight excluding hydrogens is 112 g/mol. The van der Waals surface area contributed by atoms with Gasteiger partial charge in [-0.15, -0.1) is 11.6 Å². The molecule has 1 rings (SSSR count). The van der Waals surface area contributed by atoms with Crippen LogP contribution in [0.1, 0.15) is 13.3 Å². The highest BCUT2D eigenvalue weighted by Crippen LogP contribution is 2.47. The smallest absolute Gasteiger partial charge is 0.127 e. The first-order chi connectivity index (χ1) is 3.19. The predicted molar refractivity (Wildman–Crippen MR) is 28.4 cm³/mol. The lowest BCUT2D eigenvalue weighted by atomic mass is 10.2. The van der Waals surface area contributed by atoms with E-state index in [1.165, 1.54) is 0 Å². The van der Waals surface area contributed by atoms with Gasteiger partial charge in [0.2, 0.25) is 0 Å². The van der Waals surface area contributed by atoms with E-state index in [0.717, 1.165) is 12.7 Å². The van der Waals surface area contributed by atoms with Gasteiger partial charge in [-0.2, -0.15) is 0 Å². The topological polar surface area (TPSA) is 17.1 Å². The van der Waals surface area contributed by atoms with Gasteiger partial charge in [-0.05, 0) is 6.42 Å². The van der Waals surface area contributed by atoms with Crippen molar-refractivity contribution in [2.45, 2.75) is 18.7 Å². The fraction of sp³-hybridized carbons (Fsp3) is 0.800. The molecule has 0 aliphatic heterocycles. The minimum Gasteiger partial charge on any atom is -0.303 e. The van der Waals surface area contributed by atoms with E-state index in [2.05, 4.69) is 0 Å². The molecule has 40 valence electrons. The van der Waals surface area contributed by atoms with Crippen molar-refractivity contribution in [1.82, 2.24) is 0 Å². The summed E-state index contributed by atoms with van der Waals surface area (Å²) in [6.07, 6.45) is 1.79. The minimum atomic E-state index is -0.165. The monoisotopic (exact) mass is 118 g/mol. The van der Waals surface area contributed by atoms with Crippen LogP contribution in [0.2, 0.25) is 0 Å². The summed E-state index contributed by atoms with van der Waals surface area (Å²) in [6, 6.07) is 0. The van der Waals surface area contributed by atoms with Gasteiger partial charge in [0.25, 0.3) is 0 Å². The van der Waals surface area contributed by atoms with E-state index in [0.29, 0.717) is 0 Å². The molecule has 0 saturated heterocycles. The summed E-state index contributed by atoms with van der Waals surface area (Å²) < 4.78 is 0. The highest BCUT2D eigenvalue weighted by atomic mass is 35.5. The fourth-order valence-electron chi connectivity index (χ4n) is 0.449. The van der Waals surface area contributed by atoms with Crippen LogP contribution in [-0.4, -0.2) is 11.7 Å². The lowest BCUT2D eigenvalue weighted by Crippen LogP contribution is -1.96. The molecule has 0 N–H and O–H groups in total. The number of halogens is 1. The van der Waals surface area contributed by atoms with Gasteiger partial charge in [-0.3, -0.25) is 0 Å². The Morgan fingerprint density at radius 1 is 2.00 bits per heavy atom. The molecule has 1 aliphatic carbocycles. The summed E-state index contributed by atoms with van der Waals surface area (Å²) in [6.45, 7) is 1.87. The number of hydrogen-bond donors (Lipinski definition) is 0. The van der Waals surface area contributed by atoms with Gasteiger partial charge >= 0.3 is 0 Å². The van der Waals surface area contributed by atoms with Crippen LogP contribution >= 0.6 is 11.6 Å². The van der Waals surface area contributed by atoms with E-state index in [4.69, 9.17) is 11.6 Å². The Kier molecular flexibility index (Phi) is 0.890. The third-order valence-corrected chi connectivity index (χ3v) is 2.10. The molecule has 1 nitrogen and oxygen atoms in total. The van der Waals surface area contributed by atoms with Crippen molar-refractivity contribution in [2.24, 2.45) is 5.41 Å². The summed E-state index contributed by atoms with van der Waals surface area (Å²) in [4.78, 5) is 10.0. The van der Waals surface area contributed by atoms with Gasteiger partial charge in [-0.25, -0.2) is 0 Å². The lowest BCUT2D eigenvalue weighted by Gasteiger charge is -1.89. The predicted octanol–water partition coefficient (Wildman–Crippen LogP) is 1.20. The molecule has 0 bridgehead atoms. The van der Waals surface area contributed by atoms with E-state index >= 15 is 0 Å². The summed E-state index contributed by atoms with van der Waals surface area (Å²) >= 11 is 5.56. The quantitative estimate of drug-likeness (QED) is 0.374. The molecule has 0 heterocycles. The van der Waals surface area contributed by atoms with Crippen LogP contribution in [0.3, 0.4) is 0 Å². The van der Waals surface area contributed by atoms with E-state index < -0.39 is 0 Å². The number of rotatable bonds is 1. The summed E-state index contributed by atoms with van der Waals surface area (Å²) in [7, 11) is 0. The number of aldehydes is 1. The largest absolute Gasteiger partial charge is 0.303 e. The molecular formula is C5H7ClO. The normalized spacial score (nSPS) is 48.6. The van der Waals surface area contributed by atoms with Crippen molar-refractivity contribution in [3.8, 4) is 0 Å². The van der Waals surface area contributed by atoms with Crippen LogP contribution in [-0.2, 0) is 4.79 Å². The van der Waals surface area contributed by atoms with Gasteiger partial charge in [-0.1, -0.05) is 6.92 Å². The van der Waals surface area contributed by atoms with Gasteiger partial charge in [0.1, 0.15) is 6.29 Å². The van der Waals surface area contributed by atoms with Crippen molar-refractivity contribution in [3.05, 3.63) is 0 Å². The van der Waals surface area contributed by atoms with Crippen LogP contribution in [0, 0.1) is 5.41 Å². The number of carbonyl (C=O) groups is 1. The van der Waals surface area contributed by atoms with Crippen molar-refractivity contribution in [2.75, 3.05) is 0 Å². The standard InChI is InChI=1S/C5H7ClO/c1-5(3-7)2-4(5)6/h3-4H,2H2,1H3. The zero-order valence-electron chi connectivity index (χ0n) is 4.15. The SMILES string of the molecule is CC1(C=O)CC1Cl.